The molecule has 3 aromatic carbocycles. The Kier molecular flexibility index (Phi) is 8.74. The molecule has 210 valence electrons. The minimum atomic E-state index is -4.59. The lowest BCUT2D eigenvalue weighted by molar-refractivity contribution is -0.138. The molecule has 2 N–H and O–H groups in total. The van der Waals surface area contributed by atoms with Crippen LogP contribution in [-0.2, 0) is 10.9 Å². The average molecular weight is 559 g/mol. The summed E-state index contributed by atoms with van der Waals surface area (Å²) in [6.45, 7) is 0.729. The van der Waals surface area contributed by atoms with Gasteiger partial charge in [0.25, 0.3) is 0 Å². The van der Waals surface area contributed by atoms with E-state index >= 15 is 0 Å². The van der Waals surface area contributed by atoms with Gasteiger partial charge in [-0.15, -0.1) is 0 Å². The smallest absolute Gasteiger partial charge is 0.419 e. The van der Waals surface area contributed by atoms with Gasteiger partial charge in [0.05, 0.1) is 37.3 Å². The van der Waals surface area contributed by atoms with Gasteiger partial charge in [0.2, 0.25) is 5.88 Å². The van der Waals surface area contributed by atoms with Crippen molar-refractivity contribution in [3.8, 4) is 28.9 Å². The van der Waals surface area contributed by atoms with Crippen LogP contribution >= 0.6 is 0 Å². The van der Waals surface area contributed by atoms with Gasteiger partial charge >= 0.3 is 12.2 Å². The van der Waals surface area contributed by atoms with Gasteiger partial charge in [-0.05, 0) is 30.3 Å². The van der Waals surface area contributed by atoms with Crippen molar-refractivity contribution in [1.29, 1.82) is 0 Å². The van der Waals surface area contributed by atoms with Gasteiger partial charge in [0.1, 0.15) is 24.4 Å². The third-order valence-corrected chi connectivity index (χ3v) is 5.50. The van der Waals surface area contributed by atoms with Crippen LogP contribution in [0.25, 0.3) is 10.9 Å². The third-order valence-electron chi connectivity index (χ3n) is 5.50. The first-order valence-corrected chi connectivity index (χ1v) is 11.8. The van der Waals surface area contributed by atoms with Crippen LogP contribution in [0.2, 0.25) is 0 Å². The Morgan fingerprint density at radius 2 is 1.60 bits per heavy atom. The van der Waals surface area contributed by atoms with Crippen LogP contribution in [0.1, 0.15) is 5.56 Å². The topological polar surface area (TPSA) is 113 Å². The largest absolute Gasteiger partial charge is 0.496 e. The van der Waals surface area contributed by atoms with Crippen LogP contribution in [0.4, 0.5) is 29.3 Å². The average Bonchev–Trinajstić information content (AvgIpc) is 2.92. The number of aromatic nitrogens is 2. The number of benzene rings is 3. The van der Waals surface area contributed by atoms with E-state index in [0.717, 1.165) is 25.3 Å². The van der Waals surface area contributed by atoms with Crippen molar-refractivity contribution in [2.75, 3.05) is 45.2 Å². The van der Waals surface area contributed by atoms with Crippen molar-refractivity contribution in [2.45, 2.75) is 6.18 Å². The second kappa shape index (κ2) is 12.4. The molecule has 0 aliphatic carbocycles. The van der Waals surface area contributed by atoms with Gasteiger partial charge in [0.15, 0.2) is 11.5 Å². The monoisotopic (exact) mass is 558 g/mol. The van der Waals surface area contributed by atoms with Crippen LogP contribution in [0.5, 0.6) is 28.9 Å². The molecule has 0 bridgehead atoms. The van der Waals surface area contributed by atoms with Gasteiger partial charge in [-0.25, -0.2) is 14.8 Å². The molecule has 0 atom stereocenters. The molecule has 0 radical (unpaired) electrons. The highest BCUT2D eigenvalue weighted by atomic mass is 19.4. The lowest BCUT2D eigenvalue weighted by atomic mass is 10.1. The maximum absolute atomic E-state index is 13.1. The Balaban J connectivity index is 1.49. The summed E-state index contributed by atoms with van der Waals surface area (Å²) in [7, 11) is 4.20. The number of alkyl halides is 3. The van der Waals surface area contributed by atoms with Crippen LogP contribution in [0.3, 0.4) is 0 Å². The third kappa shape index (κ3) is 6.80. The minimum absolute atomic E-state index is 0.113. The number of hydrogen-bond donors (Lipinski definition) is 2. The Hall–Kier alpha value is -4.78. The molecule has 0 saturated heterocycles. The highest BCUT2D eigenvalue weighted by Gasteiger charge is 2.34. The summed E-state index contributed by atoms with van der Waals surface area (Å²) in [4.78, 5) is 21.0. The summed E-state index contributed by atoms with van der Waals surface area (Å²) in [5.41, 5.74) is 0.0785. The highest BCUT2D eigenvalue weighted by Crippen LogP contribution is 2.38. The van der Waals surface area contributed by atoms with Crippen LogP contribution in [-0.4, -0.2) is 50.5 Å². The molecular formula is C27H25F3N4O6. The molecule has 0 aliphatic heterocycles. The number of nitrogens with one attached hydrogen (secondary N) is 2. The summed E-state index contributed by atoms with van der Waals surface area (Å²) >= 11 is 0. The molecule has 0 spiro atoms. The minimum Gasteiger partial charge on any atom is -0.496 e. The van der Waals surface area contributed by atoms with Crippen molar-refractivity contribution in [3.05, 3.63) is 66.5 Å². The first-order chi connectivity index (χ1) is 19.2. The number of rotatable bonds is 10. The molecule has 13 heteroatoms. The SMILES string of the molecule is COCCOc1cc2ncnc(Oc3cccc(NC(=O)Nc4ccc(C(F)(F)F)c(OC)c4)c3)c2cc1OC. The number of amides is 2. The standard InChI is InChI=1S/C27H25F3N4O6/c1-36-9-10-39-24-14-21-19(13-23(24)38-3)25(32-15-31-21)40-18-6-4-5-16(11-18)33-26(35)34-17-7-8-20(27(28,29)30)22(12-17)37-2/h4-8,11-15H,9-10H2,1-3H3,(H2,33,34,35). The van der Waals surface area contributed by atoms with E-state index in [-0.39, 0.29) is 11.6 Å². The maximum atomic E-state index is 13.1. The quantitative estimate of drug-likeness (QED) is 0.224. The van der Waals surface area contributed by atoms with E-state index in [1.54, 1.807) is 43.5 Å². The Morgan fingerprint density at radius 3 is 2.30 bits per heavy atom. The molecule has 0 fully saturated rings. The predicted octanol–water partition coefficient (Wildman–Crippen LogP) is 6.13. The normalized spacial score (nSPS) is 11.2. The number of nitrogens with zero attached hydrogens (tertiary/aromatic N) is 2. The Morgan fingerprint density at radius 1 is 0.850 bits per heavy atom. The zero-order valence-corrected chi connectivity index (χ0v) is 21.7. The zero-order chi connectivity index (χ0) is 28.7. The molecule has 4 aromatic rings. The summed E-state index contributed by atoms with van der Waals surface area (Å²) < 4.78 is 66.3. The van der Waals surface area contributed by atoms with Gasteiger partial charge in [-0.1, -0.05) is 6.07 Å². The van der Waals surface area contributed by atoms with Crippen LogP contribution < -0.4 is 29.6 Å². The van der Waals surface area contributed by atoms with Crippen LogP contribution in [0.15, 0.2) is 60.9 Å². The van der Waals surface area contributed by atoms with Gasteiger partial charge in [0, 0.05) is 36.7 Å². The molecule has 4 rings (SSSR count). The second-order valence-electron chi connectivity index (χ2n) is 8.16. The van der Waals surface area contributed by atoms with E-state index in [1.807, 2.05) is 0 Å². The molecule has 1 aromatic heterocycles. The van der Waals surface area contributed by atoms with Crippen molar-refractivity contribution in [1.82, 2.24) is 9.97 Å². The Labute approximate surface area is 227 Å². The number of fused-ring (bicyclic) bond motifs is 1. The number of ether oxygens (including phenoxy) is 5. The fourth-order valence-corrected chi connectivity index (χ4v) is 3.67. The summed E-state index contributed by atoms with van der Waals surface area (Å²) in [5, 5.41) is 5.66. The first-order valence-electron chi connectivity index (χ1n) is 11.8. The van der Waals surface area contributed by atoms with Gasteiger partial charge in [-0.2, -0.15) is 13.2 Å². The number of halogens is 3. The number of carbonyl (C=O) groups excluding carboxylic acids is 1. The van der Waals surface area contributed by atoms with Crippen molar-refractivity contribution in [3.63, 3.8) is 0 Å². The van der Waals surface area contributed by atoms with Gasteiger partial charge < -0.3 is 34.3 Å². The van der Waals surface area contributed by atoms with E-state index in [2.05, 4.69) is 20.6 Å². The molecule has 0 aliphatic rings. The number of hydrogen-bond acceptors (Lipinski definition) is 8. The molecule has 2 amide bonds. The molecule has 0 saturated carbocycles. The molecule has 10 nitrogen and oxygen atoms in total. The molecule has 1 heterocycles. The van der Waals surface area contributed by atoms with E-state index in [0.29, 0.717) is 47.1 Å². The predicted molar refractivity (Wildman–Crippen MR) is 141 cm³/mol. The number of carbonyl (C=O) groups is 1. The van der Waals surface area contributed by atoms with E-state index < -0.39 is 23.5 Å². The second-order valence-corrected chi connectivity index (χ2v) is 8.16. The summed E-state index contributed by atoms with van der Waals surface area (Å²) in [6, 6.07) is 12.3. The highest BCUT2D eigenvalue weighted by molar-refractivity contribution is 6.00. The summed E-state index contributed by atoms with van der Waals surface area (Å²) in [5.74, 6) is 1.12. The zero-order valence-electron chi connectivity index (χ0n) is 21.7. The van der Waals surface area contributed by atoms with E-state index in [4.69, 9.17) is 23.7 Å². The number of urea groups is 1. The molecule has 0 unspecified atom stereocenters. The maximum Gasteiger partial charge on any atom is 0.419 e. The van der Waals surface area contributed by atoms with Crippen molar-refractivity contribution < 1.29 is 41.7 Å². The fraction of sp³-hybridized carbons (Fsp3) is 0.222. The Bertz CT molecular complexity index is 1500. The lowest BCUT2D eigenvalue weighted by Crippen LogP contribution is -2.19. The van der Waals surface area contributed by atoms with Gasteiger partial charge in [-0.3, -0.25) is 0 Å². The first kappa shape index (κ1) is 28.2. The molecular weight excluding hydrogens is 533 g/mol. The summed E-state index contributed by atoms with van der Waals surface area (Å²) in [6.07, 6.45) is -3.25. The number of methoxy groups -OCH3 is 3. The number of anilines is 2. The van der Waals surface area contributed by atoms with Crippen molar-refractivity contribution in [2.24, 2.45) is 0 Å². The molecule has 40 heavy (non-hydrogen) atoms. The van der Waals surface area contributed by atoms with E-state index in [1.165, 1.54) is 13.4 Å². The lowest BCUT2D eigenvalue weighted by Gasteiger charge is -2.14. The fourth-order valence-electron chi connectivity index (χ4n) is 3.67. The van der Waals surface area contributed by atoms with Crippen molar-refractivity contribution >= 4 is 28.3 Å². The van der Waals surface area contributed by atoms with E-state index in [9.17, 15) is 18.0 Å². The van der Waals surface area contributed by atoms with Crippen LogP contribution in [0, 0.1) is 0 Å².